The molecule has 0 aliphatic rings. The lowest BCUT2D eigenvalue weighted by molar-refractivity contribution is -0.384. The van der Waals surface area contributed by atoms with E-state index in [0.717, 1.165) is 16.9 Å². The maximum absolute atomic E-state index is 10.5. The van der Waals surface area contributed by atoms with Crippen LogP contribution < -0.4 is 16.1 Å². The molecule has 0 unspecified atom stereocenters. The lowest BCUT2D eigenvalue weighted by Crippen LogP contribution is -2.37. The molecule has 0 aliphatic carbocycles. The normalized spacial score (nSPS) is 10.3. The Morgan fingerprint density at radius 2 is 1.05 bits per heavy atom. The van der Waals surface area contributed by atoms with Gasteiger partial charge in [-0.15, -0.1) is 0 Å². The molecule has 0 saturated carbocycles. The van der Waals surface area contributed by atoms with Crippen molar-refractivity contribution in [2.45, 2.75) is 39.3 Å². The van der Waals surface area contributed by atoms with Gasteiger partial charge in [0, 0.05) is 35.0 Å². The highest BCUT2D eigenvalue weighted by Gasteiger charge is 2.22. The zero-order valence-electron chi connectivity index (χ0n) is 23.0. The van der Waals surface area contributed by atoms with Crippen LogP contribution in [0.25, 0.3) is 14.5 Å². The Morgan fingerprint density at radius 1 is 0.675 bits per heavy atom. The summed E-state index contributed by atoms with van der Waals surface area (Å²) in [7, 11) is -2.98. The van der Waals surface area contributed by atoms with Gasteiger partial charge in [0.15, 0.2) is 11.4 Å². The monoisotopic (exact) mass is 592 g/mol. The Kier molecular flexibility index (Phi) is 11.7. The zero-order valence-corrected chi connectivity index (χ0v) is 25.8. The Balaban J connectivity index is 0.000000302. The molecule has 0 saturated heterocycles. The quantitative estimate of drug-likeness (QED) is 0.108. The standard InChI is InChI=1S/C10H12N2O2Si.C10H14N2Si.C7H3ClN2O2/c1-11-9-7-8(12(13)14)5-6-10(9)15(2,3)4;1-12-9-7-8(11)5-6-10(9)13(2,3)4;1-9-7-4-5(10(11)12)2-3-6(7)8/h5-7H,2-4H3;5-7H,11H2,2-4H3;2-4H. The van der Waals surface area contributed by atoms with Crippen molar-refractivity contribution in [3.8, 4) is 0 Å². The number of nitro groups is 2. The van der Waals surface area contributed by atoms with Gasteiger partial charge in [0.25, 0.3) is 11.4 Å². The molecular formula is C27H29ClN6O4Si2. The van der Waals surface area contributed by atoms with E-state index in [4.69, 9.17) is 37.1 Å². The van der Waals surface area contributed by atoms with Crippen LogP contribution in [0.4, 0.5) is 34.1 Å². The average Bonchev–Trinajstić information content (AvgIpc) is 2.87. The number of nitrogens with two attached hydrogens (primary N) is 1. The first-order chi connectivity index (χ1) is 18.5. The van der Waals surface area contributed by atoms with E-state index in [1.54, 1.807) is 12.1 Å². The molecule has 0 fully saturated rings. The maximum atomic E-state index is 10.5. The molecule has 206 valence electrons. The number of rotatable bonds is 4. The second-order valence-corrected chi connectivity index (χ2v) is 20.9. The summed E-state index contributed by atoms with van der Waals surface area (Å²) in [5.74, 6) is 0. The second-order valence-electron chi connectivity index (χ2n) is 10.5. The van der Waals surface area contributed by atoms with Gasteiger partial charge in [-0.2, -0.15) is 0 Å². The number of hydrogen-bond donors (Lipinski definition) is 1. The Labute approximate surface area is 240 Å². The number of nitrogens with zero attached hydrogens (tertiary/aromatic N) is 5. The summed E-state index contributed by atoms with van der Waals surface area (Å²) in [6.07, 6.45) is 0. The van der Waals surface area contributed by atoms with Crippen LogP contribution in [0.5, 0.6) is 0 Å². The van der Waals surface area contributed by atoms with E-state index in [1.165, 1.54) is 29.5 Å². The van der Waals surface area contributed by atoms with Gasteiger partial charge in [0.1, 0.15) is 0 Å². The van der Waals surface area contributed by atoms with Crippen molar-refractivity contribution in [3.63, 3.8) is 0 Å². The average molecular weight is 593 g/mol. The summed E-state index contributed by atoms with van der Waals surface area (Å²) in [6, 6.07) is 13.9. The molecule has 0 radical (unpaired) electrons. The fourth-order valence-corrected chi connectivity index (χ4v) is 6.46. The molecule has 0 atom stereocenters. The molecule has 3 rings (SSSR count). The number of non-ortho nitro benzene ring substituents is 2. The summed E-state index contributed by atoms with van der Waals surface area (Å²) < 4.78 is 0. The molecule has 0 amide bonds. The molecule has 3 aromatic carbocycles. The molecule has 3 aromatic rings. The van der Waals surface area contributed by atoms with E-state index in [9.17, 15) is 20.2 Å². The van der Waals surface area contributed by atoms with Gasteiger partial charge in [-0.3, -0.25) is 20.2 Å². The molecule has 0 aliphatic heterocycles. The maximum Gasteiger partial charge on any atom is 0.259 e. The molecule has 0 heterocycles. The first-order valence-electron chi connectivity index (χ1n) is 11.7. The summed E-state index contributed by atoms with van der Waals surface area (Å²) in [5, 5.41) is 23.2. The van der Waals surface area contributed by atoms with Crippen LogP contribution in [-0.4, -0.2) is 26.0 Å². The number of anilines is 1. The third-order valence-electron chi connectivity index (χ3n) is 5.33. The fraction of sp³-hybridized carbons (Fsp3) is 0.222. The minimum absolute atomic E-state index is 0.0111. The van der Waals surface area contributed by atoms with Gasteiger partial charge in [-0.1, -0.05) is 73.4 Å². The molecule has 10 nitrogen and oxygen atoms in total. The topological polar surface area (TPSA) is 125 Å². The first-order valence-corrected chi connectivity index (χ1v) is 19.1. The van der Waals surface area contributed by atoms with Crippen molar-refractivity contribution in [1.29, 1.82) is 0 Å². The number of halogens is 1. The summed E-state index contributed by atoms with van der Waals surface area (Å²) in [4.78, 5) is 29.6. The number of benzene rings is 3. The van der Waals surface area contributed by atoms with Crippen molar-refractivity contribution in [2.24, 2.45) is 0 Å². The van der Waals surface area contributed by atoms with Gasteiger partial charge >= 0.3 is 0 Å². The van der Waals surface area contributed by atoms with E-state index in [0.29, 0.717) is 11.4 Å². The van der Waals surface area contributed by atoms with Crippen molar-refractivity contribution >= 4 is 72.2 Å². The van der Waals surface area contributed by atoms with Gasteiger partial charge in [0.05, 0.1) is 45.7 Å². The van der Waals surface area contributed by atoms with Crippen LogP contribution in [0.3, 0.4) is 0 Å². The first kappa shape index (κ1) is 33.5. The van der Waals surface area contributed by atoms with Gasteiger partial charge in [-0.25, -0.2) is 14.5 Å². The lowest BCUT2D eigenvalue weighted by atomic mass is 10.3. The van der Waals surface area contributed by atoms with Gasteiger partial charge < -0.3 is 5.73 Å². The van der Waals surface area contributed by atoms with Crippen molar-refractivity contribution in [2.75, 3.05) is 5.73 Å². The molecule has 13 heteroatoms. The zero-order chi connectivity index (χ0) is 30.8. The number of hydrogen-bond acceptors (Lipinski definition) is 5. The van der Waals surface area contributed by atoms with Crippen LogP contribution in [-0.2, 0) is 0 Å². The Bertz CT molecular complexity index is 1550. The minimum Gasteiger partial charge on any atom is -0.400 e. The predicted molar refractivity (Wildman–Crippen MR) is 167 cm³/mol. The molecule has 0 bridgehead atoms. The molecule has 40 heavy (non-hydrogen) atoms. The van der Waals surface area contributed by atoms with E-state index >= 15 is 0 Å². The summed E-state index contributed by atoms with van der Waals surface area (Å²) in [5.41, 5.74) is 7.41. The van der Waals surface area contributed by atoms with Crippen LogP contribution in [0, 0.1) is 39.9 Å². The summed E-state index contributed by atoms with van der Waals surface area (Å²) >= 11 is 5.56. The van der Waals surface area contributed by atoms with Crippen LogP contribution in [0.2, 0.25) is 44.3 Å². The van der Waals surface area contributed by atoms with Crippen molar-refractivity contribution in [1.82, 2.24) is 0 Å². The third kappa shape index (κ3) is 9.64. The highest BCUT2D eigenvalue weighted by molar-refractivity contribution is 6.90. The molecule has 2 N–H and O–H groups in total. The van der Waals surface area contributed by atoms with Crippen molar-refractivity contribution in [3.05, 3.63) is 114 Å². The highest BCUT2D eigenvalue weighted by atomic mass is 35.5. The molecule has 0 spiro atoms. The van der Waals surface area contributed by atoms with Gasteiger partial charge in [-0.05, 0) is 18.2 Å². The van der Waals surface area contributed by atoms with E-state index in [1.807, 2.05) is 12.1 Å². The van der Waals surface area contributed by atoms with Crippen molar-refractivity contribution < 1.29 is 9.85 Å². The number of nitro benzene ring substituents is 2. The molecule has 0 aromatic heterocycles. The van der Waals surface area contributed by atoms with E-state index in [-0.39, 0.29) is 22.1 Å². The van der Waals surface area contributed by atoms with Gasteiger partial charge in [0.2, 0.25) is 5.69 Å². The predicted octanol–water partition coefficient (Wildman–Crippen LogP) is 7.85. The second kappa shape index (κ2) is 14.0. The smallest absolute Gasteiger partial charge is 0.259 e. The SMILES string of the molecule is [C-]#[N+]c1cc(N)ccc1[Si](C)(C)C.[C-]#[N+]c1cc([N+](=O)[O-])ccc1Cl.[C-]#[N+]c1cc([N+](=O)[O-])ccc1[Si](C)(C)C. The highest BCUT2D eigenvalue weighted by Crippen LogP contribution is 2.28. The van der Waals surface area contributed by atoms with E-state index < -0.39 is 26.0 Å². The Morgan fingerprint density at radius 3 is 1.45 bits per heavy atom. The third-order valence-corrected chi connectivity index (χ3v) is 9.73. The number of nitrogen functional groups attached to an aromatic ring is 1. The fourth-order valence-electron chi connectivity index (χ4n) is 3.34. The van der Waals surface area contributed by atoms with Crippen LogP contribution in [0.15, 0.2) is 54.6 Å². The molecular weight excluding hydrogens is 564 g/mol. The van der Waals surface area contributed by atoms with Crippen LogP contribution >= 0.6 is 11.6 Å². The van der Waals surface area contributed by atoms with Crippen LogP contribution in [0.1, 0.15) is 0 Å². The minimum atomic E-state index is -1.59. The van der Waals surface area contributed by atoms with E-state index in [2.05, 4.69) is 53.8 Å². The lowest BCUT2D eigenvalue weighted by Gasteiger charge is -2.18. The Hall–Kier alpha value is -4.55. The summed E-state index contributed by atoms with van der Waals surface area (Å²) in [6.45, 7) is 33.7. The largest absolute Gasteiger partial charge is 0.400 e.